The molecule has 0 heterocycles. The molecular weight excluding hydrogens is 180 g/mol. The summed E-state index contributed by atoms with van der Waals surface area (Å²) in [6, 6.07) is 0. The average Bonchev–Trinajstić information content (AvgIpc) is 2.11. The molecule has 1 fully saturated rings. The molecule has 0 aromatic carbocycles. The van der Waals surface area contributed by atoms with Crippen LogP contribution in [0.5, 0.6) is 0 Å². The van der Waals surface area contributed by atoms with Crippen LogP contribution >= 0.6 is 0 Å². The van der Waals surface area contributed by atoms with Gasteiger partial charge < -0.3 is 15.8 Å². The van der Waals surface area contributed by atoms with Gasteiger partial charge in [-0.3, -0.25) is 4.79 Å². The fourth-order valence-corrected chi connectivity index (χ4v) is 1.57. The Labute approximate surface area is 85.2 Å². The third kappa shape index (κ3) is 2.69. The number of hydrogen-bond donors (Lipinski definition) is 2. The molecule has 3 N–H and O–H groups in total. The van der Waals surface area contributed by atoms with Crippen LogP contribution in [-0.4, -0.2) is 31.7 Å². The molecule has 0 spiro atoms. The van der Waals surface area contributed by atoms with Crippen LogP contribution in [0.15, 0.2) is 0 Å². The molecular formula is C10H20N2O2. The number of hydrogen-bond acceptors (Lipinski definition) is 3. The minimum Gasteiger partial charge on any atom is -0.384 e. The van der Waals surface area contributed by atoms with E-state index in [4.69, 9.17) is 10.5 Å². The number of rotatable bonds is 5. The standard InChI is InChI=1S/C10H20N2O2/c1-8(7-14-2)6-12-9(13)10(11)4-3-5-10/h8H,3-7,11H2,1-2H3,(H,12,13). The van der Waals surface area contributed by atoms with E-state index in [0.717, 1.165) is 19.3 Å². The van der Waals surface area contributed by atoms with Gasteiger partial charge in [-0.1, -0.05) is 6.92 Å². The van der Waals surface area contributed by atoms with Gasteiger partial charge in [-0.2, -0.15) is 0 Å². The summed E-state index contributed by atoms with van der Waals surface area (Å²) >= 11 is 0. The van der Waals surface area contributed by atoms with E-state index in [-0.39, 0.29) is 5.91 Å². The zero-order valence-electron chi connectivity index (χ0n) is 9.01. The first-order valence-electron chi connectivity index (χ1n) is 5.14. The first-order valence-corrected chi connectivity index (χ1v) is 5.14. The molecule has 1 amide bonds. The molecule has 1 aliphatic rings. The van der Waals surface area contributed by atoms with Crippen molar-refractivity contribution < 1.29 is 9.53 Å². The van der Waals surface area contributed by atoms with E-state index in [0.29, 0.717) is 19.1 Å². The summed E-state index contributed by atoms with van der Waals surface area (Å²) in [6.07, 6.45) is 2.70. The second kappa shape index (κ2) is 4.75. The van der Waals surface area contributed by atoms with E-state index < -0.39 is 5.54 Å². The van der Waals surface area contributed by atoms with Gasteiger partial charge in [0.05, 0.1) is 12.1 Å². The molecule has 4 heteroatoms. The largest absolute Gasteiger partial charge is 0.384 e. The highest BCUT2D eigenvalue weighted by Crippen LogP contribution is 2.28. The number of ether oxygens (including phenoxy) is 1. The van der Waals surface area contributed by atoms with Crippen LogP contribution in [0.1, 0.15) is 26.2 Å². The Morgan fingerprint density at radius 1 is 1.64 bits per heavy atom. The van der Waals surface area contributed by atoms with Crippen molar-refractivity contribution in [1.29, 1.82) is 0 Å². The topological polar surface area (TPSA) is 64.3 Å². The highest BCUT2D eigenvalue weighted by molar-refractivity contribution is 5.86. The normalized spacial score (nSPS) is 21.1. The number of methoxy groups -OCH3 is 1. The zero-order valence-corrected chi connectivity index (χ0v) is 9.01. The predicted molar refractivity (Wildman–Crippen MR) is 54.8 cm³/mol. The quantitative estimate of drug-likeness (QED) is 0.669. The maximum atomic E-state index is 11.6. The monoisotopic (exact) mass is 200 g/mol. The minimum atomic E-state index is -0.577. The van der Waals surface area contributed by atoms with Crippen LogP contribution in [0, 0.1) is 5.92 Å². The Kier molecular flexibility index (Phi) is 3.89. The fraction of sp³-hybridized carbons (Fsp3) is 0.900. The van der Waals surface area contributed by atoms with Gasteiger partial charge in [0.15, 0.2) is 0 Å². The smallest absolute Gasteiger partial charge is 0.240 e. The molecule has 0 aromatic rings. The minimum absolute atomic E-state index is 0.00768. The number of nitrogens with one attached hydrogen (secondary N) is 1. The first-order chi connectivity index (χ1) is 6.58. The van der Waals surface area contributed by atoms with E-state index in [1.165, 1.54) is 0 Å². The van der Waals surface area contributed by atoms with E-state index in [1.807, 2.05) is 6.92 Å². The first kappa shape index (κ1) is 11.5. The highest BCUT2D eigenvalue weighted by Gasteiger charge is 2.39. The molecule has 1 saturated carbocycles. The van der Waals surface area contributed by atoms with Crippen LogP contribution in [-0.2, 0) is 9.53 Å². The maximum Gasteiger partial charge on any atom is 0.240 e. The summed E-state index contributed by atoms with van der Waals surface area (Å²) in [6.45, 7) is 3.34. The third-order valence-electron chi connectivity index (χ3n) is 2.76. The number of carbonyl (C=O) groups excluding carboxylic acids is 1. The molecule has 1 atom stereocenters. The van der Waals surface area contributed by atoms with Crippen LogP contribution in [0.4, 0.5) is 0 Å². The molecule has 14 heavy (non-hydrogen) atoms. The summed E-state index contributed by atoms with van der Waals surface area (Å²) in [7, 11) is 1.66. The number of nitrogens with two attached hydrogens (primary N) is 1. The highest BCUT2D eigenvalue weighted by atomic mass is 16.5. The van der Waals surface area contributed by atoms with Gasteiger partial charge in [0.2, 0.25) is 5.91 Å². The molecule has 1 aliphatic carbocycles. The maximum absolute atomic E-state index is 11.6. The summed E-state index contributed by atoms with van der Waals surface area (Å²) < 4.78 is 4.98. The van der Waals surface area contributed by atoms with Crippen molar-refractivity contribution in [3.63, 3.8) is 0 Å². The van der Waals surface area contributed by atoms with Gasteiger partial charge in [-0.25, -0.2) is 0 Å². The lowest BCUT2D eigenvalue weighted by molar-refractivity contribution is -0.129. The van der Waals surface area contributed by atoms with Crippen molar-refractivity contribution in [3.8, 4) is 0 Å². The van der Waals surface area contributed by atoms with Crippen molar-refractivity contribution in [3.05, 3.63) is 0 Å². The van der Waals surface area contributed by atoms with E-state index in [1.54, 1.807) is 7.11 Å². The fourth-order valence-electron chi connectivity index (χ4n) is 1.57. The molecule has 0 radical (unpaired) electrons. The number of amides is 1. The molecule has 0 bridgehead atoms. The molecule has 82 valence electrons. The van der Waals surface area contributed by atoms with Crippen LogP contribution in [0.25, 0.3) is 0 Å². The van der Waals surface area contributed by atoms with Crippen molar-refractivity contribution in [1.82, 2.24) is 5.32 Å². The summed E-state index contributed by atoms with van der Waals surface area (Å²) in [4.78, 5) is 11.6. The molecule has 0 aromatic heterocycles. The van der Waals surface area contributed by atoms with Crippen molar-refractivity contribution >= 4 is 5.91 Å². The van der Waals surface area contributed by atoms with E-state index in [9.17, 15) is 4.79 Å². The molecule has 0 saturated heterocycles. The summed E-state index contributed by atoms with van der Waals surface area (Å²) in [5, 5.41) is 2.87. The second-order valence-corrected chi connectivity index (χ2v) is 4.28. The zero-order chi connectivity index (χ0) is 10.6. The van der Waals surface area contributed by atoms with Crippen LogP contribution < -0.4 is 11.1 Å². The third-order valence-corrected chi connectivity index (χ3v) is 2.76. The molecule has 0 aliphatic heterocycles. The Morgan fingerprint density at radius 2 is 2.29 bits per heavy atom. The van der Waals surface area contributed by atoms with Gasteiger partial charge in [-0.15, -0.1) is 0 Å². The Hall–Kier alpha value is -0.610. The Morgan fingerprint density at radius 3 is 2.71 bits per heavy atom. The van der Waals surface area contributed by atoms with Crippen LogP contribution in [0.3, 0.4) is 0 Å². The molecule has 1 unspecified atom stereocenters. The molecule has 1 rings (SSSR count). The van der Waals surface area contributed by atoms with Gasteiger partial charge >= 0.3 is 0 Å². The lowest BCUT2D eigenvalue weighted by Gasteiger charge is -2.36. The lowest BCUT2D eigenvalue weighted by atomic mass is 9.77. The SMILES string of the molecule is COCC(C)CNC(=O)C1(N)CCC1. The van der Waals surface area contributed by atoms with Crippen LogP contribution in [0.2, 0.25) is 0 Å². The van der Waals surface area contributed by atoms with Gasteiger partial charge in [0, 0.05) is 13.7 Å². The lowest BCUT2D eigenvalue weighted by Crippen LogP contribution is -2.59. The Bertz CT molecular complexity index is 202. The second-order valence-electron chi connectivity index (χ2n) is 4.28. The predicted octanol–water partition coefficient (Wildman–Crippen LogP) is 0.267. The average molecular weight is 200 g/mol. The van der Waals surface area contributed by atoms with E-state index in [2.05, 4.69) is 5.32 Å². The number of carbonyl (C=O) groups is 1. The van der Waals surface area contributed by atoms with E-state index >= 15 is 0 Å². The van der Waals surface area contributed by atoms with Gasteiger partial charge in [0.1, 0.15) is 0 Å². The molecule has 4 nitrogen and oxygen atoms in total. The van der Waals surface area contributed by atoms with Crippen molar-refractivity contribution in [2.45, 2.75) is 31.7 Å². The summed E-state index contributed by atoms with van der Waals surface area (Å²) in [5.41, 5.74) is 5.29. The Balaban J connectivity index is 2.20. The van der Waals surface area contributed by atoms with Crippen molar-refractivity contribution in [2.75, 3.05) is 20.3 Å². The van der Waals surface area contributed by atoms with Crippen molar-refractivity contribution in [2.24, 2.45) is 11.7 Å². The van der Waals surface area contributed by atoms with Gasteiger partial charge in [-0.05, 0) is 25.2 Å². The summed E-state index contributed by atoms with van der Waals surface area (Å²) in [5.74, 6) is 0.333. The van der Waals surface area contributed by atoms with Gasteiger partial charge in [0.25, 0.3) is 0 Å².